The molecule has 0 bridgehead atoms. The predicted octanol–water partition coefficient (Wildman–Crippen LogP) is 4.69. The molecular formula is C27H29ClN2O4. The Bertz CT molecular complexity index is 1080. The summed E-state index contributed by atoms with van der Waals surface area (Å²) in [6.07, 6.45) is 0. The third-order valence-corrected chi connectivity index (χ3v) is 5.97. The second kappa shape index (κ2) is 11.9. The van der Waals surface area contributed by atoms with E-state index in [1.807, 2.05) is 24.3 Å². The minimum Gasteiger partial charge on any atom is -0.493 e. The number of nitrogens with one attached hydrogen (secondary N) is 1. The fourth-order valence-electron chi connectivity index (χ4n) is 3.73. The molecule has 1 N–H and O–H groups in total. The number of benzene rings is 3. The number of rotatable bonds is 9. The zero-order valence-electron chi connectivity index (χ0n) is 19.3. The van der Waals surface area contributed by atoms with Crippen LogP contribution in [-0.2, 0) is 24.4 Å². The molecule has 1 aliphatic rings. The lowest BCUT2D eigenvalue weighted by molar-refractivity contribution is 0.0342. The fraction of sp³-hybridized carbons (Fsp3) is 0.296. The smallest absolute Gasteiger partial charge is 0.251 e. The lowest BCUT2D eigenvalue weighted by Gasteiger charge is -2.26. The third-order valence-electron chi connectivity index (χ3n) is 5.72. The topological polar surface area (TPSA) is 60.0 Å². The van der Waals surface area contributed by atoms with Crippen LogP contribution in [-0.4, -0.2) is 44.2 Å². The first-order valence-electron chi connectivity index (χ1n) is 11.3. The molecule has 1 aliphatic heterocycles. The van der Waals surface area contributed by atoms with Crippen molar-refractivity contribution in [3.8, 4) is 11.5 Å². The molecule has 1 amide bonds. The van der Waals surface area contributed by atoms with Crippen molar-refractivity contribution in [3.05, 3.63) is 94.0 Å². The van der Waals surface area contributed by atoms with E-state index < -0.39 is 0 Å². The van der Waals surface area contributed by atoms with Gasteiger partial charge in [0.15, 0.2) is 11.5 Å². The summed E-state index contributed by atoms with van der Waals surface area (Å²) in [5.41, 5.74) is 3.81. The largest absolute Gasteiger partial charge is 0.493 e. The molecule has 1 saturated heterocycles. The molecule has 4 rings (SSSR count). The van der Waals surface area contributed by atoms with Crippen LogP contribution >= 0.6 is 11.6 Å². The number of hydrogen-bond donors (Lipinski definition) is 1. The second-order valence-corrected chi connectivity index (χ2v) is 8.60. The molecule has 7 heteroatoms. The van der Waals surface area contributed by atoms with Crippen LogP contribution in [0.3, 0.4) is 0 Å². The van der Waals surface area contributed by atoms with Crippen molar-refractivity contribution in [2.45, 2.75) is 19.7 Å². The van der Waals surface area contributed by atoms with Crippen molar-refractivity contribution in [1.29, 1.82) is 0 Å². The number of halogens is 1. The van der Waals surface area contributed by atoms with Crippen molar-refractivity contribution in [3.63, 3.8) is 0 Å². The molecule has 0 aromatic heterocycles. The number of carbonyl (C=O) groups is 1. The number of amides is 1. The summed E-state index contributed by atoms with van der Waals surface area (Å²) in [5.74, 6) is 0.916. The van der Waals surface area contributed by atoms with Gasteiger partial charge in [0.2, 0.25) is 0 Å². The second-order valence-electron chi connectivity index (χ2n) is 8.17. The van der Waals surface area contributed by atoms with Gasteiger partial charge in [0.25, 0.3) is 5.91 Å². The maximum Gasteiger partial charge on any atom is 0.251 e. The minimum atomic E-state index is -0.167. The number of nitrogens with zero attached hydrogens (tertiary/aromatic N) is 1. The summed E-state index contributed by atoms with van der Waals surface area (Å²) >= 11 is 5.93. The van der Waals surface area contributed by atoms with Gasteiger partial charge in [-0.25, -0.2) is 0 Å². The molecule has 0 aliphatic carbocycles. The molecular weight excluding hydrogens is 452 g/mol. The van der Waals surface area contributed by atoms with E-state index in [-0.39, 0.29) is 5.91 Å². The van der Waals surface area contributed by atoms with Gasteiger partial charge in [0, 0.05) is 36.8 Å². The molecule has 6 nitrogen and oxygen atoms in total. The summed E-state index contributed by atoms with van der Waals surface area (Å²) in [6.45, 7) is 5.27. The van der Waals surface area contributed by atoms with Crippen molar-refractivity contribution in [1.82, 2.24) is 10.2 Å². The lowest BCUT2D eigenvalue weighted by atomic mass is 10.1. The van der Waals surface area contributed by atoms with Gasteiger partial charge in [-0.05, 0) is 47.0 Å². The molecule has 3 aromatic rings. The number of ether oxygens (including phenoxy) is 3. The highest BCUT2D eigenvalue weighted by Crippen LogP contribution is 2.29. The predicted molar refractivity (Wildman–Crippen MR) is 132 cm³/mol. The Kier molecular flexibility index (Phi) is 8.41. The zero-order valence-corrected chi connectivity index (χ0v) is 20.0. The number of carbonyl (C=O) groups excluding carboxylic acids is 1. The maximum atomic E-state index is 12.7. The van der Waals surface area contributed by atoms with E-state index in [1.165, 1.54) is 5.56 Å². The molecule has 0 saturated carbocycles. The summed E-state index contributed by atoms with van der Waals surface area (Å²) in [6, 6.07) is 21.0. The Balaban J connectivity index is 1.30. The van der Waals surface area contributed by atoms with E-state index >= 15 is 0 Å². The van der Waals surface area contributed by atoms with Crippen LogP contribution in [0.4, 0.5) is 0 Å². The standard InChI is InChI=1S/C27H29ClN2O4/c1-32-26-16-23(8-11-25(26)34-19-22-6-9-24(28)10-7-22)27(31)29-17-20-2-4-21(5-3-20)18-30-12-14-33-15-13-30/h2-11,16H,12-15,17-19H2,1H3,(H,29,31). The van der Waals surface area contributed by atoms with Gasteiger partial charge < -0.3 is 19.5 Å². The van der Waals surface area contributed by atoms with E-state index in [1.54, 1.807) is 25.3 Å². The van der Waals surface area contributed by atoms with Crippen LogP contribution in [0.25, 0.3) is 0 Å². The van der Waals surface area contributed by atoms with E-state index in [4.69, 9.17) is 25.8 Å². The normalized spacial score (nSPS) is 13.9. The molecule has 3 aromatic carbocycles. The van der Waals surface area contributed by atoms with Gasteiger partial charge in [-0.2, -0.15) is 0 Å². The average molecular weight is 481 g/mol. The zero-order chi connectivity index (χ0) is 23.8. The molecule has 0 atom stereocenters. The third kappa shape index (κ3) is 6.73. The SMILES string of the molecule is COc1cc(C(=O)NCc2ccc(CN3CCOCC3)cc2)ccc1OCc1ccc(Cl)cc1. The van der Waals surface area contributed by atoms with Crippen molar-refractivity contribution >= 4 is 17.5 Å². The molecule has 0 unspecified atom stereocenters. The molecule has 1 heterocycles. The van der Waals surface area contributed by atoms with Gasteiger partial charge >= 0.3 is 0 Å². The maximum absolute atomic E-state index is 12.7. The first kappa shape index (κ1) is 24.1. The summed E-state index contributed by atoms with van der Waals surface area (Å²) < 4.78 is 16.7. The summed E-state index contributed by atoms with van der Waals surface area (Å²) in [5, 5.41) is 3.66. The summed E-state index contributed by atoms with van der Waals surface area (Å²) in [4.78, 5) is 15.1. The van der Waals surface area contributed by atoms with Crippen LogP contribution in [0.1, 0.15) is 27.0 Å². The Morgan fingerprint density at radius 3 is 2.32 bits per heavy atom. The molecule has 1 fully saturated rings. The van der Waals surface area contributed by atoms with Crippen molar-refractivity contribution in [2.24, 2.45) is 0 Å². The van der Waals surface area contributed by atoms with Gasteiger partial charge in [0.05, 0.1) is 20.3 Å². The fourth-order valence-corrected chi connectivity index (χ4v) is 3.86. The highest BCUT2D eigenvalue weighted by molar-refractivity contribution is 6.30. The Hall–Kier alpha value is -3.06. The van der Waals surface area contributed by atoms with E-state index in [9.17, 15) is 4.79 Å². The van der Waals surface area contributed by atoms with Crippen molar-refractivity contribution in [2.75, 3.05) is 33.4 Å². The Morgan fingerprint density at radius 1 is 0.941 bits per heavy atom. The van der Waals surface area contributed by atoms with Gasteiger partial charge in [-0.1, -0.05) is 48.0 Å². The lowest BCUT2D eigenvalue weighted by Crippen LogP contribution is -2.35. The number of methoxy groups -OCH3 is 1. The number of morpholine rings is 1. The van der Waals surface area contributed by atoms with Crippen LogP contribution in [0.2, 0.25) is 5.02 Å². The first-order valence-corrected chi connectivity index (χ1v) is 11.7. The highest BCUT2D eigenvalue weighted by atomic mass is 35.5. The highest BCUT2D eigenvalue weighted by Gasteiger charge is 2.13. The minimum absolute atomic E-state index is 0.167. The first-order chi connectivity index (χ1) is 16.6. The van der Waals surface area contributed by atoms with Crippen molar-refractivity contribution < 1.29 is 19.0 Å². The van der Waals surface area contributed by atoms with Gasteiger partial charge in [-0.15, -0.1) is 0 Å². The van der Waals surface area contributed by atoms with Gasteiger partial charge in [-0.3, -0.25) is 9.69 Å². The molecule has 0 spiro atoms. The monoisotopic (exact) mass is 480 g/mol. The molecule has 178 valence electrons. The van der Waals surface area contributed by atoms with Crippen LogP contribution in [0.5, 0.6) is 11.5 Å². The van der Waals surface area contributed by atoms with Crippen LogP contribution < -0.4 is 14.8 Å². The summed E-state index contributed by atoms with van der Waals surface area (Å²) in [7, 11) is 1.56. The van der Waals surface area contributed by atoms with Crippen LogP contribution in [0, 0.1) is 0 Å². The molecule has 0 radical (unpaired) electrons. The number of hydrogen-bond acceptors (Lipinski definition) is 5. The Morgan fingerprint density at radius 2 is 1.62 bits per heavy atom. The molecule has 34 heavy (non-hydrogen) atoms. The van der Waals surface area contributed by atoms with Crippen LogP contribution in [0.15, 0.2) is 66.7 Å². The Labute approximate surface area is 205 Å². The van der Waals surface area contributed by atoms with E-state index in [0.717, 1.165) is 44.0 Å². The van der Waals surface area contributed by atoms with Gasteiger partial charge in [0.1, 0.15) is 6.61 Å². The van der Waals surface area contributed by atoms with E-state index in [0.29, 0.717) is 35.2 Å². The van der Waals surface area contributed by atoms with E-state index in [2.05, 4.69) is 34.5 Å². The average Bonchev–Trinajstić information content (AvgIpc) is 2.88. The quantitative estimate of drug-likeness (QED) is 0.481.